The lowest BCUT2D eigenvalue weighted by Crippen LogP contribution is -2.36. The van der Waals surface area contributed by atoms with E-state index in [0.29, 0.717) is 6.54 Å². The molecule has 1 saturated heterocycles. The third-order valence-corrected chi connectivity index (χ3v) is 3.49. The highest BCUT2D eigenvalue weighted by atomic mass is 16.5. The second-order valence-corrected chi connectivity index (χ2v) is 5.12. The quantitative estimate of drug-likeness (QED) is 0.620. The van der Waals surface area contributed by atoms with E-state index < -0.39 is 0 Å². The number of carbonyl (C=O) groups is 1. The van der Waals surface area contributed by atoms with E-state index in [9.17, 15) is 4.79 Å². The fraction of sp³-hybridized carbons (Fsp3) is 0.929. The molecule has 0 aromatic heterocycles. The van der Waals surface area contributed by atoms with Crippen molar-refractivity contribution in [2.45, 2.75) is 70.5 Å². The highest BCUT2D eigenvalue weighted by molar-refractivity contribution is 5.80. The first kappa shape index (κ1) is 15.4. The Morgan fingerprint density at radius 2 is 1.94 bits per heavy atom. The van der Waals surface area contributed by atoms with Gasteiger partial charge in [-0.15, -0.1) is 0 Å². The average Bonchev–Trinajstić information content (AvgIpc) is 2.86. The van der Waals surface area contributed by atoms with E-state index in [1.807, 2.05) is 0 Å². The van der Waals surface area contributed by atoms with E-state index in [0.717, 1.165) is 25.8 Å². The van der Waals surface area contributed by atoms with Gasteiger partial charge in [-0.25, -0.2) is 0 Å². The summed E-state index contributed by atoms with van der Waals surface area (Å²) in [6.07, 6.45) is 9.00. The summed E-state index contributed by atoms with van der Waals surface area (Å²) in [6, 6.07) is 0. The van der Waals surface area contributed by atoms with Crippen LogP contribution < -0.4 is 11.1 Å². The van der Waals surface area contributed by atoms with Gasteiger partial charge in [0.05, 0.1) is 6.10 Å². The van der Waals surface area contributed by atoms with Crippen LogP contribution in [0.5, 0.6) is 0 Å². The molecule has 3 N–H and O–H groups in total. The summed E-state index contributed by atoms with van der Waals surface area (Å²) in [4.78, 5) is 11.8. The summed E-state index contributed by atoms with van der Waals surface area (Å²) in [5.74, 6) is 0.0412. The number of amides is 1. The molecular weight excluding hydrogens is 228 g/mol. The molecule has 4 nitrogen and oxygen atoms in total. The molecule has 0 bridgehead atoms. The standard InChI is InChI=1S/C14H28N2O2/c1-2-3-4-5-6-7-10-16-14(17)13-9-8-12(11-15)18-13/h12-13H,2-11,15H2,1H3,(H,16,17). The molecule has 2 unspecified atom stereocenters. The normalized spacial score (nSPS) is 23.2. The van der Waals surface area contributed by atoms with Crippen LogP contribution in [0.1, 0.15) is 58.3 Å². The number of carbonyl (C=O) groups excluding carboxylic acids is 1. The zero-order valence-electron chi connectivity index (χ0n) is 11.6. The Balaban J connectivity index is 1.97. The molecule has 1 heterocycles. The Kier molecular flexibility index (Phi) is 8.01. The molecule has 1 rings (SSSR count). The first-order valence-corrected chi connectivity index (χ1v) is 7.41. The van der Waals surface area contributed by atoms with Gasteiger partial charge >= 0.3 is 0 Å². The first-order chi connectivity index (χ1) is 8.77. The molecule has 0 aliphatic carbocycles. The third-order valence-electron chi connectivity index (χ3n) is 3.49. The largest absolute Gasteiger partial charge is 0.364 e. The highest BCUT2D eigenvalue weighted by Gasteiger charge is 2.29. The second kappa shape index (κ2) is 9.34. The SMILES string of the molecule is CCCCCCCCNC(=O)C1CCC(CN)O1. The van der Waals surface area contributed by atoms with Crippen LogP contribution in [-0.4, -0.2) is 31.2 Å². The zero-order valence-corrected chi connectivity index (χ0v) is 11.6. The summed E-state index contributed by atoms with van der Waals surface area (Å²) >= 11 is 0. The van der Waals surface area contributed by atoms with Crippen LogP contribution in [0.15, 0.2) is 0 Å². The van der Waals surface area contributed by atoms with Gasteiger partial charge in [-0.2, -0.15) is 0 Å². The van der Waals surface area contributed by atoms with Gasteiger partial charge in [0.15, 0.2) is 0 Å². The monoisotopic (exact) mass is 256 g/mol. The Morgan fingerprint density at radius 3 is 2.61 bits per heavy atom. The number of unbranched alkanes of at least 4 members (excludes halogenated alkanes) is 5. The van der Waals surface area contributed by atoms with Crippen molar-refractivity contribution < 1.29 is 9.53 Å². The van der Waals surface area contributed by atoms with Crippen molar-refractivity contribution in [2.75, 3.05) is 13.1 Å². The third kappa shape index (κ3) is 5.83. The summed E-state index contributed by atoms with van der Waals surface area (Å²) in [5, 5.41) is 2.96. The maximum absolute atomic E-state index is 11.8. The molecular formula is C14H28N2O2. The molecule has 18 heavy (non-hydrogen) atoms. The van der Waals surface area contributed by atoms with Crippen molar-refractivity contribution in [3.05, 3.63) is 0 Å². The molecule has 1 aliphatic heterocycles. The number of ether oxygens (including phenoxy) is 1. The fourth-order valence-electron chi connectivity index (χ4n) is 2.30. The number of rotatable bonds is 9. The van der Waals surface area contributed by atoms with Crippen LogP contribution in [0.3, 0.4) is 0 Å². The van der Waals surface area contributed by atoms with Crippen molar-refractivity contribution in [3.8, 4) is 0 Å². The van der Waals surface area contributed by atoms with Crippen LogP contribution in [0.25, 0.3) is 0 Å². The summed E-state index contributed by atoms with van der Waals surface area (Å²) in [6.45, 7) is 3.51. The predicted molar refractivity (Wildman–Crippen MR) is 73.3 cm³/mol. The molecule has 0 aromatic carbocycles. The maximum Gasteiger partial charge on any atom is 0.249 e. The molecule has 1 amide bonds. The van der Waals surface area contributed by atoms with Crippen molar-refractivity contribution in [2.24, 2.45) is 5.73 Å². The van der Waals surface area contributed by atoms with Gasteiger partial charge < -0.3 is 15.8 Å². The van der Waals surface area contributed by atoms with E-state index in [1.165, 1.54) is 32.1 Å². The zero-order chi connectivity index (χ0) is 13.2. The Bertz CT molecular complexity index is 234. The molecule has 1 fully saturated rings. The van der Waals surface area contributed by atoms with Gasteiger partial charge in [-0.05, 0) is 19.3 Å². The Labute approximate surface area is 111 Å². The fourth-order valence-corrected chi connectivity index (χ4v) is 2.30. The van der Waals surface area contributed by atoms with E-state index in [-0.39, 0.29) is 18.1 Å². The Morgan fingerprint density at radius 1 is 1.22 bits per heavy atom. The molecule has 1 aliphatic rings. The van der Waals surface area contributed by atoms with Gasteiger partial charge in [0.25, 0.3) is 0 Å². The average molecular weight is 256 g/mol. The van der Waals surface area contributed by atoms with E-state index in [4.69, 9.17) is 10.5 Å². The van der Waals surface area contributed by atoms with Crippen molar-refractivity contribution >= 4 is 5.91 Å². The Hall–Kier alpha value is -0.610. The van der Waals surface area contributed by atoms with Crippen LogP contribution in [0, 0.1) is 0 Å². The molecule has 0 aromatic rings. The molecule has 0 saturated carbocycles. The van der Waals surface area contributed by atoms with Crippen molar-refractivity contribution in [3.63, 3.8) is 0 Å². The topological polar surface area (TPSA) is 64.4 Å². The van der Waals surface area contributed by atoms with Crippen LogP contribution in [0.2, 0.25) is 0 Å². The molecule has 4 heteroatoms. The van der Waals surface area contributed by atoms with Gasteiger partial charge in [-0.3, -0.25) is 4.79 Å². The lowest BCUT2D eigenvalue weighted by atomic mass is 10.1. The molecule has 2 atom stereocenters. The molecule has 0 radical (unpaired) electrons. The van der Waals surface area contributed by atoms with Gasteiger partial charge in [0, 0.05) is 13.1 Å². The summed E-state index contributed by atoms with van der Waals surface area (Å²) in [5.41, 5.74) is 5.52. The number of hydrogen-bond donors (Lipinski definition) is 2. The second-order valence-electron chi connectivity index (χ2n) is 5.12. The number of hydrogen-bond acceptors (Lipinski definition) is 3. The minimum Gasteiger partial charge on any atom is -0.364 e. The van der Waals surface area contributed by atoms with Crippen molar-refractivity contribution in [1.29, 1.82) is 0 Å². The molecule has 106 valence electrons. The highest BCUT2D eigenvalue weighted by Crippen LogP contribution is 2.18. The lowest BCUT2D eigenvalue weighted by molar-refractivity contribution is -0.131. The predicted octanol–water partition coefficient (Wildman–Crippen LogP) is 1.97. The minimum atomic E-state index is -0.265. The number of nitrogens with two attached hydrogens (primary N) is 1. The number of nitrogens with one attached hydrogen (secondary N) is 1. The van der Waals surface area contributed by atoms with Crippen molar-refractivity contribution in [1.82, 2.24) is 5.32 Å². The van der Waals surface area contributed by atoms with E-state index in [1.54, 1.807) is 0 Å². The summed E-state index contributed by atoms with van der Waals surface area (Å²) < 4.78 is 5.55. The molecule has 0 spiro atoms. The van der Waals surface area contributed by atoms with Gasteiger partial charge in [0.2, 0.25) is 5.91 Å². The van der Waals surface area contributed by atoms with Gasteiger partial charge in [0.1, 0.15) is 6.10 Å². The van der Waals surface area contributed by atoms with E-state index in [2.05, 4.69) is 12.2 Å². The first-order valence-electron chi connectivity index (χ1n) is 7.41. The van der Waals surface area contributed by atoms with Crippen LogP contribution >= 0.6 is 0 Å². The maximum atomic E-state index is 11.8. The van der Waals surface area contributed by atoms with E-state index >= 15 is 0 Å². The smallest absolute Gasteiger partial charge is 0.249 e. The summed E-state index contributed by atoms with van der Waals surface area (Å²) in [7, 11) is 0. The van der Waals surface area contributed by atoms with Crippen LogP contribution in [0.4, 0.5) is 0 Å². The van der Waals surface area contributed by atoms with Gasteiger partial charge in [-0.1, -0.05) is 39.0 Å². The minimum absolute atomic E-state index is 0.0412. The van der Waals surface area contributed by atoms with Crippen LogP contribution in [-0.2, 0) is 9.53 Å². The lowest BCUT2D eigenvalue weighted by Gasteiger charge is -2.12.